The van der Waals surface area contributed by atoms with Gasteiger partial charge in [-0.3, -0.25) is 4.79 Å². The van der Waals surface area contributed by atoms with Crippen LogP contribution >= 0.6 is 0 Å². The number of nitrogens with zero attached hydrogens (tertiary/aromatic N) is 2. The number of benzene rings is 2. The quantitative estimate of drug-likeness (QED) is 0.549. The third-order valence-corrected chi connectivity index (χ3v) is 5.88. The van der Waals surface area contributed by atoms with Gasteiger partial charge in [0.15, 0.2) is 0 Å². The van der Waals surface area contributed by atoms with Crippen LogP contribution in [0.2, 0.25) is 0 Å². The molecular formula is C24H22FN3O. The van der Waals surface area contributed by atoms with Gasteiger partial charge in [-0.05, 0) is 48.4 Å². The first-order chi connectivity index (χ1) is 14.1. The van der Waals surface area contributed by atoms with E-state index in [0.29, 0.717) is 6.54 Å². The van der Waals surface area contributed by atoms with E-state index < -0.39 is 0 Å². The van der Waals surface area contributed by atoms with Crippen LogP contribution in [0.1, 0.15) is 28.6 Å². The maximum absolute atomic E-state index is 13.8. The Kier molecular flexibility index (Phi) is 4.23. The van der Waals surface area contributed by atoms with Gasteiger partial charge in [0.05, 0.1) is 12.5 Å². The van der Waals surface area contributed by atoms with Crippen molar-refractivity contribution in [2.45, 2.75) is 25.9 Å². The Morgan fingerprint density at radius 3 is 2.76 bits per heavy atom. The van der Waals surface area contributed by atoms with Crippen molar-refractivity contribution in [2.24, 2.45) is 0 Å². The van der Waals surface area contributed by atoms with Crippen LogP contribution in [0, 0.1) is 12.7 Å². The van der Waals surface area contributed by atoms with E-state index in [1.807, 2.05) is 36.1 Å². The zero-order chi connectivity index (χ0) is 20.0. The Balaban J connectivity index is 1.52. The molecule has 146 valence electrons. The molecular weight excluding hydrogens is 365 g/mol. The Hall–Kier alpha value is -3.34. The topological polar surface area (TPSA) is 41.0 Å². The molecule has 0 fully saturated rings. The minimum Gasteiger partial charge on any atom is -0.358 e. The van der Waals surface area contributed by atoms with Gasteiger partial charge >= 0.3 is 0 Å². The first kappa shape index (κ1) is 17.7. The highest BCUT2D eigenvalue weighted by molar-refractivity contribution is 5.90. The van der Waals surface area contributed by atoms with E-state index in [1.165, 1.54) is 12.1 Å². The number of halogens is 1. The average molecular weight is 387 g/mol. The monoisotopic (exact) mass is 387 g/mol. The van der Waals surface area contributed by atoms with E-state index >= 15 is 0 Å². The Morgan fingerprint density at radius 1 is 1.10 bits per heavy atom. The average Bonchev–Trinajstić information content (AvgIpc) is 3.32. The molecule has 5 rings (SSSR count). The summed E-state index contributed by atoms with van der Waals surface area (Å²) < 4.78 is 16.0. The maximum Gasteiger partial charge on any atom is 0.227 e. The molecule has 0 saturated heterocycles. The summed E-state index contributed by atoms with van der Waals surface area (Å²) in [4.78, 5) is 18.7. The standard InChI is InChI=1S/C24H22FN3O/c1-16-19(20-14-18(25)9-10-21(20)26-16)15-23(29)28-13-12-27-11-5-8-22(27)24(28)17-6-3-2-4-7-17/h2-11,14,24,26H,12-13,15H2,1H3. The van der Waals surface area contributed by atoms with Gasteiger partial charge in [-0.2, -0.15) is 0 Å². The largest absolute Gasteiger partial charge is 0.358 e. The molecule has 1 aliphatic heterocycles. The second-order valence-corrected chi connectivity index (χ2v) is 7.62. The van der Waals surface area contributed by atoms with Crippen LogP contribution in [0.3, 0.4) is 0 Å². The van der Waals surface area contributed by atoms with Crippen LogP contribution in [-0.2, 0) is 17.8 Å². The van der Waals surface area contributed by atoms with Gasteiger partial charge in [-0.25, -0.2) is 4.39 Å². The zero-order valence-electron chi connectivity index (χ0n) is 16.2. The molecule has 4 nitrogen and oxygen atoms in total. The van der Waals surface area contributed by atoms with Crippen molar-refractivity contribution in [3.63, 3.8) is 0 Å². The first-order valence-electron chi connectivity index (χ1n) is 9.88. The zero-order valence-corrected chi connectivity index (χ0v) is 16.2. The van der Waals surface area contributed by atoms with Crippen LogP contribution in [-0.4, -0.2) is 26.9 Å². The van der Waals surface area contributed by atoms with Crippen LogP contribution in [0.25, 0.3) is 10.9 Å². The van der Waals surface area contributed by atoms with E-state index in [9.17, 15) is 9.18 Å². The highest BCUT2D eigenvalue weighted by atomic mass is 19.1. The molecule has 2 aromatic heterocycles. The van der Waals surface area contributed by atoms with Crippen LogP contribution < -0.4 is 0 Å². The van der Waals surface area contributed by atoms with Gasteiger partial charge in [0.25, 0.3) is 0 Å². The number of fused-ring (bicyclic) bond motifs is 2. The van der Waals surface area contributed by atoms with Crippen molar-refractivity contribution in [2.75, 3.05) is 6.54 Å². The van der Waals surface area contributed by atoms with Crippen molar-refractivity contribution in [3.05, 3.63) is 95.2 Å². The highest BCUT2D eigenvalue weighted by Gasteiger charge is 2.32. The first-order valence-corrected chi connectivity index (χ1v) is 9.88. The fourth-order valence-corrected chi connectivity index (χ4v) is 4.47. The van der Waals surface area contributed by atoms with E-state index in [0.717, 1.165) is 40.0 Å². The number of aromatic nitrogens is 2. The van der Waals surface area contributed by atoms with E-state index in [-0.39, 0.29) is 24.2 Å². The summed E-state index contributed by atoms with van der Waals surface area (Å²) in [5.41, 5.74) is 4.87. The van der Waals surface area contributed by atoms with Gasteiger partial charge in [0.2, 0.25) is 5.91 Å². The van der Waals surface area contributed by atoms with Crippen molar-refractivity contribution in [3.8, 4) is 0 Å². The number of nitrogens with one attached hydrogen (secondary N) is 1. The minimum atomic E-state index is -0.289. The molecule has 3 heterocycles. The molecule has 1 N–H and O–H groups in total. The third-order valence-electron chi connectivity index (χ3n) is 5.88. The number of aromatic amines is 1. The number of carbonyl (C=O) groups excluding carboxylic acids is 1. The molecule has 0 aliphatic carbocycles. The number of hydrogen-bond acceptors (Lipinski definition) is 1. The van der Waals surface area contributed by atoms with Crippen molar-refractivity contribution < 1.29 is 9.18 Å². The Bertz CT molecular complexity index is 1190. The summed E-state index contributed by atoms with van der Waals surface area (Å²) in [5, 5.41) is 0.785. The minimum absolute atomic E-state index is 0.0552. The molecule has 1 atom stereocenters. The molecule has 1 aliphatic rings. The second kappa shape index (κ2) is 6.92. The highest BCUT2D eigenvalue weighted by Crippen LogP contribution is 2.33. The van der Waals surface area contributed by atoms with Gasteiger partial charge in [-0.1, -0.05) is 30.3 Å². The molecule has 4 aromatic rings. The summed E-state index contributed by atoms with van der Waals surface area (Å²) in [5.74, 6) is -0.234. The summed E-state index contributed by atoms with van der Waals surface area (Å²) in [6, 6.07) is 18.8. The Labute approximate surface area is 168 Å². The molecule has 0 spiro atoms. The van der Waals surface area contributed by atoms with Gasteiger partial charge in [-0.15, -0.1) is 0 Å². The molecule has 5 heteroatoms. The lowest BCUT2D eigenvalue weighted by Gasteiger charge is -2.37. The van der Waals surface area contributed by atoms with Crippen LogP contribution in [0.4, 0.5) is 4.39 Å². The maximum atomic E-state index is 13.8. The lowest BCUT2D eigenvalue weighted by molar-refractivity contribution is -0.133. The predicted octanol–water partition coefficient (Wildman–Crippen LogP) is 4.59. The van der Waals surface area contributed by atoms with Gasteiger partial charge < -0.3 is 14.5 Å². The molecule has 0 radical (unpaired) electrons. The number of carbonyl (C=O) groups is 1. The lowest BCUT2D eigenvalue weighted by Crippen LogP contribution is -2.43. The lowest BCUT2D eigenvalue weighted by atomic mass is 9.98. The molecule has 29 heavy (non-hydrogen) atoms. The van der Waals surface area contributed by atoms with Crippen molar-refractivity contribution in [1.82, 2.24) is 14.5 Å². The van der Waals surface area contributed by atoms with Crippen LogP contribution in [0.5, 0.6) is 0 Å². The SMILES string of the molecule is Cc1[nH]c2ccc(F)cc2c1CC(=O)N1CCn2cccc2C1c1ccccc1. The van der Waals surface area contributed by atoms with Crippen molar-refractivity contribution in [1.29, 1.82) is 0 Å². The van der Waals surface area contributed by atoms with E-state index in [2.05, 4.69) is 33.9 Å². The number of hydrogen-bond donors (Lipinski definition) is 1. The number of rotatable bonds is 3. The summed E-state index contributed by atoms with van der Waals surface area (Å²) in [7, 11) is 0. The van der Waals surface area contributed by atoms with Crippen LogP contribution in [0.15, 0.2) is 66.9 Å². The number of amides is 1. The summed E-state index contributed by atoms with van der Waals surface area (Å²) in [6.07, 6.45) is 2.32. The number of H-pyrrole nitrogens is 1. The molecule has 0 bridgehead atoms. The Morgan fingerprint density at radius 2 is 1.93 bits per heavy atom. The molecule has 1 amide bonds. The normalized spacial score (nSPS) is 16.2. The summed E-state index contributed by atoms with van der Waals surface area (Å²) in [6.45, 7) is 3.37. The smallest absolute Gasteiger partial charge is 0.227 e. The molecule has 0 saturated carbocycles. The van der Waals surface area contributed by atoms with E-state index in [1.54, 1.807) is 6.07 Å². The second-order valence-electron chi connectivity index (χ2n) is 7.62. The predicted molar refractivity (Wildman–Crippen MR) is 111 cm³/mol. The van der Waals surface area contributed by atoms with Gasteiger partial charge in [0.1, 0.15) is 5.82 Å². The fourth-order valence-electron chi connectivity index (χ4n) is 4.47. The molecule has 2 aromatic carbocycles. The van der Waals surface area contributed by atoms with E-state index in [4.69, 9.17) is 0 Å². The number of aryl methyl sites for hydroxylation is 1. The fraction of sp³-hybridized carbons (Fsp3) is 0.208. The van der Waals surface area contributed by atoms with Crippen molar-refractivity contribution >= 4 is 16.8 Å². The van der Waals surface area contributed by atoms with Gasteiger partial charge in [0, 0.05) is 41.6 Å². The summed E-state index contributed by atoms with van der Waals surface area (Å²) >= 11 is 0. The molecule has 1 unspecified atom stereocenters. The third kappa shape index (κ3) is 3.03.